The van der Waals surface area contributed by atoms with Gasteiger partial charge in [0.2, 0.25) is 5.91 Å². The number of nitrogens with zero attached hydrogens (tertiary/aromatic N) is 1. The molecule has 118 valence electrons. The summed E-state index contributed by atoms with van der Waals surface area (Å²) in [5.74, 6) is 0.691. The van der Waals surface area contributed by atoms with Crippen molar-refractivity contribution in [2.45, 2.75) is 39.5 Å². The average molecular weight is 290 g/mol. The molecular weight excluding hydrogens is 260 g/mol. The largest absolute Gasteiger partial charge is 0.356 e. The van der Waals surface area contributed by atoms with Crippen LogP contribution in [-0.4, -0.2) is 38.0 Å². The number of benzene rings is 1. The van der Waals surface area contributed by atoms with E-state index in [2.05, 4.69) is 48.3 Å². The van der Waals surface area contributed by atoms with Gasteiger partial charge in [-0.15, -0.1) is 0 Å². The highest BCUT2D eigenvalue weighted by Crippen LogP contribution is 2.17. The van der Waals surface area contributed by atoms with Gasteiger partial charge < -0.3 is 10.2 Å². The van der Waals surface area contributed by atoms with E-state index in [1.54, 1.807) is 0 Å². The molecule has 0 aromatic heterocycles. The Kier molecular flexibility index (Phi) is 7.44. The van der Waals surface area contributed by atoms with Crippen LogP contribution in [0.3, 0.4) is 0 Å². The molecule has 0 radical (unpaired) electrons. The Morgan fingerprint density at radius 3 is 2.29 bits per heavy atom. The summed E-state index contributed by atoms with van der Waals surface area (Å²) in [4.78, 5) is 14.3. The van der Waals surface area contributed by atoms with Crippen LogP contribution in [0.25, 0.3) is 0 Å². The minimum absolute atomic E-state index is 0.0857. The van der Waals surface area contributed by atoms with Crippen molar-refractivity contribution in [3.63, 3.8) is 0 Å². The van der Waals surface area contributed by atoms with Gasteiger partial charge in [0, 0.05) is 6.54 Å². The lowest BCUT2D eigenvalue weighted by atomic mass is 9.96. The molecule has 21 heavy (non-hydrogen) atoms. The van der Waals surface area contributed by atoms with Gasteiger partial charge in [-0.05, 0) is 57.5 Å². The van der Waals surface area contributed by atoms with Crippen LogP contribution in [-0.2, 0) is 11.2 Å². The van der Waals surface area contributed by atoms with Crippen molar-refractivity contribution in [3.8, 4) is 0 Å². The fourth-order valence-corrected chi connectivity index (χ4v) is 2.33. The van der Waals surface area contributed by atoms with Gasteiger partial charge in [0.05, 0.1) is 5.92 Å². The molecule has 0 aliphatic rings. The molecule has 1 atom stereocenters. The second-order valence-corrected chi connectivity index (χ2v) is 6.51. The van der Waals surface area contributed by atoms with Crippen molar-refractivity contribution in [2.24, 2.45) is 5.92 Å². The lowest BCUT2D eigenvalue weighted by molar-refractivity contribution is -0.122. The predicted molar refractivity (Wildman–Crippen MR) is 89.6 cm³/mol. The van der Waals surface area contributed by atoms with E-state index < -0.39 is 0 Å². The number of nitrogens with one attached hydrogen (secondary N) is 1. The fourth-order valence-electron chi connectivity index (χ4n) is 2.33. The second-order valence-electron chi connectivity index (χ2n) is 6.51. The highest BCUT2D eigenvalue weighted by molar-refractivity contribution is 5.83. The van der Waals surface area contributed by atoms with Crippen molar-refractivity contribution < 1.29 is 4.79 Å². The van der Waals surface area contributed by atoms with E-state index in [4.69, 9.17) is 0 Å². The Balaban J connectivity index is 2.46. The molecule has 0 aliphatic heterocycles. The lowest BCUT2D eigenvalue weighted by Crippen LogP contribution is -2.30. The van der Waals surface area contributed by atoms with E-state index in [-0.39, 0.29) is 11.8 Å². The number of hydrogen-bond donors (Lipinski definition) is 1. The molecule has 0 saturated carbocycles. The Hall–Kier alpha value is -1.35. The molecule has 1 amide bonds. The van der Waals surface area contributed by atoms with Crippen LogP contribution in [0.1, 0.15) is 44.2 Å². The van der Waals surface area contributed by atoms with E-state index >= 15 is 0 Å². The molecule has 1 aromatic rings. The maximum absolute atomic E-state index is 12.1. The van der Waals surface area contributed by atoms with E-state index in [1.165, 1.54) is 5.56 Å². The summed E-state index contributed by atoms with van der Waals surface area (Å²) in [6.07, 6.45) is 2.07. The predicted octanol–water partition coefficient (Wildman–Crippen LogP) is 3.06. The maximum atomic E-state index is 12.1. The summed E-state index contributed by atoms with van der Waals surface area (Å²) >= 11 is 0. The molecule has 0 bridgehead atoms. The summed E-state index contributed by atoms with van der Waals surface area (Å²) in [6, 6.07) is 8.46. The van der Waals surface area contributed by atoms with Gasteiger partial charge in [-0.1, -0.05) is 38.1 Å². The second kappa shape index (κ2) is 8.83. The third-order valence-corrected chi connectivity index (χ3v) is 3.60. The van der Waals surface area contributed by atoms with Crippen LogP contribution in [0.4, 0.5) is 0 Å². The minimum Gasteiger partial charge on any atom is -0.356 e. The van der Waals surface area contributed by atoms with Gasteiger partial charge in [0.15, 0.2) is 0 Å². The van der Waals surface area contributed by atoms with Crippen molar-refractivity contribution in [1.82, 2.24) is 10.2 Å². The molecule has 0 unspecified atom stereocenters. The van der Waals surface area contributed by atoms with Gasteiger partial charge in [-0.2, -0.15) is 0 Å². The third kappa shape index (κ3) is 6.76. The Bertz CT molecular complexity index is 423. The van der Waals surface area contributed by atoms with Crippen molar-refractivity contribution >= 4 is 5.91 Å². The van der Waals surface area contributed by atoms with Crippen molar-refractivity contribution in [3.05, 3.63) is 35.4 Å². The molecule has 0 saturated heterocycles. The van der Waals surface area contributed by atoms with E-state index in [0.717, 1.165) is 31.5 Å². The first-order valence-electron chi connectivity index (χ1n) is 7.91. The van der Waals surface area contributed by atoms with E-state index in [1.807, 2.05) is 21.0 Å². The lowest BCUT2D eigenvalue weighted by Gasteiger charge is -2.14. The Morgan fingerprint density at radius 1 is 1.14 bits per heavy atom. The minimum atomic E-state index is -0.0857. The summed E-state index contributed by atoms with van der Waals surface area (Å²) in [5, 5.41) is 3.02. The molecule has 1 rings (SSSR count). The van der Waals surface area contributed by atoms with Crippen LogP contribution >= 0.6 is 0 Å². The fraction of sp³-hybridized carbons (Fsp3) is 0.611. The molecule has 0 spiro atoms. The van der Waals surface area contributed by atoms with Gasteiger partial charge in [0.25, 0.3) is 0 Å². The number of carbonyl (C=O) groups is 1. The normalized spacial score (nSPS) is 12.7. The highest BCUT2D eigenvalue weighted by Gasteiger charge is 2.14. The molecule has 0 heterocycles. The number of rotatable bonds is 8. The molecule has 1 aromatic carbocycles. The van der Waals surface area contributed by atoms with Crippen molar-refractivity contribution in [2.75, 3.05) is 27.2 Å². The van der Waals surface area contributed by atoms with Crippen LogP contribution in [0.2, 0.25) is 0 Å². The molecular formula is C18H30N2O. The van der Waals surface area contributed by atoms with E-state index in [9.17, 15) is 4.79 Å². The van der Waals surface area contributed by atoms with Gasteiger partial charge in [-0.3, -0.25) is 4.79 Å². The number of carbonyl (C=O) groups excluding carboxylic acids is 1. The van der Waals surface area contributed by atoms with Gasteiger partial charge in [0.1, 0.15) is 0 Å². The van der Waals surface area contributed by atoms with Crippen LogP contribution in [0, 0.1) is 5.92 Å². The van der Waals surface area contributed by atoms with Gasteiger partial charge >= 0.3 is 0 Å². The Morgan fingerprint density at radius 2 is 1.76 bits per heavy atom. The number of hydrogen-bond acceptors (Lipinski definition) is 2. The van der Waals surface area contributed by atoms with Crippen LogP contribution in [0.15, 0.2) is 24.3 Å². The molecule has 1 N–H and O–H groups in total. The summed E-state index contributed by atoms with van der Waals surface area (Å²) in [7, 11) is 4.09. The quantitative estimate of drug-likeness (QED) is 0.746. The van der Waals surface area contributed by atoms with E-state index in [0.29, 0.717) is 5.92 Å². The topological polar surface area (TPSA) is 32.3 Å². The van der Waals surface area contributed by atoms with Gasteiger partial charge in [-0.25, -0.2) is 0 Å². The Labute approximate surface area is 129 Å². The summed E-state index contributed by atoms with van der Waals surface area (Å²) in [5.41, 5.74) is 2.43. The first-order valence-corrected chi connectivity index (χ1v) is 7.91. The highest BCUT2D eigenvalue weighted by atomic mass is 16.1. The van der Waals surface area contributed by atoms with Crippen LogP contribution < -0.4 is 5.32 Å². The zero-order chi connectivity index (χ0) is 15.8. The maximum Gasteiger partial charge on any atom is 0.227 e. The molecule has 0 fully saturated rings. The monoisotopic (exact) mass is 290 g/mol. The van der Waals surface area contributed by atoms with Crippen molar-refractivity contribution in [1.29, 1.82) is 0 Å². The first-order chi connectivity index (χ1) is 9.90. The average Bonchev–Trinajstić information content (AvgIpc) is 2.42. The zero-order valence-electron chi connectivity index (χ0n) is 14.1. The standard InChI is InChI=1S/C18H30N2O/c1-14(2)13-16-7-9-17(10-8-16)15(3)18(21)19-11-6-12-20(4)5/h7-10,14-15H,6,11-13H2,1-5H3,(H,19,21)/t15-/m1/s1. The molecule has 3 heteroatoms. The summed E-state index contributed by atoms with van der Waals surface area (Å²) < 4.78 is 0. The summed E-state index contributed by atoms with van der Waals surface area (Å²) in [6.45, 7) is 8.15. The molecule has 3 nitrogen and oxygen atoms in total. The zero-order valence-corrected chi connectivity index (χ0v) is 14.1. The first kappa shape index (κ1) is 17.7. The third-order valence-electron chi connectivity index (χ3n) is 3.60. The molecule has 0 aliphatic carbocycles. The van der Waals surface area contributed by atoms with Crippen LogP contribution in [0.5, 0.6) is 0 Å². The number of amides is 1. The SMILES string of the molecule is CC(C)Cc1ccc([C@@H](C)C(=O)NCCCN(C)C)cc1. The smallest absolute Gasteiger partial charge is 0.227 e.